The molecule has 41 heavy (non-hydrogen) atoms. The normalized spacial score (nSPS) is 10.8. The van der Waals surface area contributed by atoms with Crippen molar-refractivity contribution >= 4 is 38.8 Å². The van der Waals surface area contributed by atoms with Crippen LogP contribution in [-0.4, -0.2) is 44.5 Å². The Balaban J connectivity index is 1.74. The van der Waals surface area contributed by atoms with E-state index in [-0.39, 0.29) is 32.5 Å². The second-order valence-electron chi connectivity index (χ2n) is 8.45. The number of nitrogens with zero attached hydrogens (tertiary/aromatic N) is 4. The van der Waals surface area contributed by atoms with Crippen LogP contribution in [0.5, 0.6) is 28.9 Å². The Morgan fingerprint density at radius 3 is 2.27 bits per heavy atom. The number of hydrogen-bond donors (Lipinski definition) is 2. The molecule has 0 unspecified atom stereocenters. The van der Waals surface area contributed by atoms with Gasteiger partial charge in [-0.3, -0.25) is 4.79 Å². The van der Waals surface area contributed by atoms with Gasteiger partial charge in [0.25, 0.3) is 5.78 Å². The first kappa shape index (κ1) is 27.0. The van der Waals surface area contributed by atoms with Crippen LogP contribution in [0, 0.1) is 11.3 Å². The smallest absolute Gasteiger partial charge is 0.312 e. The molecule has 0 aliphatic heterocycles. The minimum Gasteiger partial charge on any atom is -0.539 e. The summed E-state index contributed by atoms with van der Waals surface area (Å²) in [7, 11) is 5.88. The van der Waals surface area contributed by atoms with E-state index >= 15 is 0 Å². The highest BCUT2D eigenvalue weighted by atomic mass is 32.1. The van der Waals surface area contributed by atoms with Crippen LogP contribution in [0.1, 0.15) is 20.9 Å². The van der Waals surface area contributed by atoms with Crippen molar-refractivity contribution in [2.75, 3.05) is 39.9 Å². The Bertz CT molecular complexity index is 1830. The molecule has 0 fully saturated rings. The lowest BCUT2D eigenvalue weighted by molar-refractivity contribution is -0.672. The molecule has 5 aromatic rings. The summed E-state index contributed by atoms with van der Waals surface area (Å²) >= 11 is 0.915. The van der Waals surface area contributed by atoms with Crippen molar-refractivity contribution in [2.45, 2.75) is 0 Å². The van der Waals surface area contributed by atoms with E-state index < -0.39 is 11.7 Å². The van der Waals surface area contributed by atoms with Crippen LogP contribution < -0.4 is 40.2 Å². The Hall–Kier alpha value is -5.55. The zero-order chi connectivity index (χ0) is 29.4. The molecular weight excluding hydrogens is 552 g/mol. The summed E-state index contributed by atoms with van der Waals surface area (Å²) in [6.45, 7) is 0. The van der Waals surface area contributed by atoms with Gasteiger partial charge < -0.3 is 40.0 Å². The number of thiophene rings is 1. The minimum atomic E-state index is -0.960. The molecule has 0 saturated heterocycles. The molecule has 13 nitrogen and oxygen atoms in total. The Morgan fingerprint density at radius 1 is 1.05 bits per heavy atom. The molecule has 0 saturated carbocycles. The molecule has 0 radical (unpaired) electrons. The first-order valence-corrected chi connectivity index (χ1v) is 12.6. The lowest BCUT2D eigenvalue weighted by Crippen LogP contribution is -2.39. The van der Waals surface area contributed by atoms with Gasteiger partial charge in [-0.15, -0.1) is 11.3 Å². The first-order valence-electron chi connectivity index (χ1n) is 11.8. The Kier molecular flexibility index (Phi) is 6.96. The van der Waals surface area contributed by atoms with Gasteiger partial charge in [-0.05, 0) is 34.5 Å². The van der Waals surface area contributed by atoms with Crippen LogP contribution in [0.4, 0.5) is 11.5 Å². The SMILES string of the molecule is COc1ccc(-[n+]2noc([O-])c2C(=O)c2sc3nc(N)c(C#N)c(-c4cc(OC)c(OC)c(OC)c4)c3c2N)cc1. The predicted octanol–water partition coefficient (Wildman–Crippen LogP) is 2.60. The number of rotatable bonds is 8. The van der Waals surface area contributed by atoms with Crippen molar-refractivity contribution in [1.82, 2.24) is 10.3 Å². The number of ether oxygens (including phenoxy) is 4. The quantitative estimate of drug-likeness (QED) is 0.203. The number of ketones is 1. The zero-order valence-electron chi connectivity index (χ0n) is 22.2. The molecule has 0 spiro atoms. The summed E-state index contributed by atoms with van der Waals surface area (Å²) in [5.41, 5.74) is 13.5. The van der Waals surface area contributed by atoms with Crippen molar-refractivity contribution in [2.24, 2.45) is 0 Å². The molecule has 0 aliphatic rings. The van der Waals surface area contributed by atoms with Gasteiger partial charge in [-0.25, -0.2) is 4.98 Å². The van der Waals surface area contributed by atoms with E-state index in [9.17, 15) is 15.2 Å². The van der Waals surface area contributed by atoms with Crippen LogP contribution in [0.15, 0.2) is 40.9 Å². The maximum absolute atomic E-state index is 13.8. The number of aromatic nitrogens is 3. The topological polar surface area (TPSA) is 196 Å². The predicted molar refractivity (Wildman–Crippen MR) is 146 cm³/mol. The number of anilines is 2. The van der Waals surface area contributed by atoms with E-state index in [1.54, 1.807) is 36.4 Å². The van der Waals surface area contributed by atoms with E-state index in [2.05, 4.69) is 16.3 Å². The van der Waals surface area contributed by atoms with Gasteiger partial charge in [0.1, 0.15) is 32.9 Å². The molecule has 4 N–H and O–H groups in total. The van der Waals surface area contributed by atoms with Crippen LogP contribution in [0.2, 0.25) is 0 Å². The molecule has 3 heterocycles. The van der Waals surface area contributed by atoms with Crippen molar-refractivity contribution < 1.29 is 38.1 Å². The van der Waals surface area contributed by atoms with Gasteiger partial charge in [0.05, 0.1) is 39.4 Å². The standard InChI is InChI=1S/C27H22N6O7S/c1-36-14-7-5-13(6-8-14)33-21(27(35)40-32-33)22(34)24-20(29)19-18(15(11-28)25(30)31-26(19)41-24)12-9-16(37-2)23(39-4)17(10-12)38-3/h5-10H,1-4H3,(H4-,29,30,31,32,34,35). The highest BCUT2D eigenvalue weighted by Crippen LogP contribution is 2.47. The number of nitrogens with two attached hydrogens (primary N) is 2. The molecule has 3 aromatic heterocycles. The van der Waals surface area contributed by atoms with Crippen molar-refractivity contribution in [3.8, 4) is 51.8 Å². The number of carbonyl (C=O) groups excluding carboxylic acids is 1. The summed E-state index contributed by atoms with van der Waals surface area (Å²) < 4.78 is 27.5. The molecule has 0 aliphatic carbocycles. The lowest BCUT2D eigenvalue weighted by Gasteiger charge is -2.16. The van der Waals surface area contributed by atoms with Crippen LogP contribution >= 0.6 is 11.3 Å². The largest absolute Gasteiger partial charge is 0.539 e. The molecule has 0 atom stereocenters. The number of pyridine rings is 1. The van der Waals surface area contributed by atoms with E-state index in [0.717, 1.165) is 16.0 Å². The number of carbonyl (C=O) groups is 1. The molecule has 5 rings (SSSR count). The fraction of sp³-hybridized carbons (Fsp3) is 0.148. The van der Waals surface area contributed by atoms with Crippen molar-refractivity contribution in [3.05, 3.63) is 52.5 Å². The maximum atomic E-state index is 13.8. The number of nitriles is 1. The number of methoxy groups -OCH3 is 4. The molecule has 14 heteroatoms. The third-order valence-corrected chi connectivity index (χ3v) is 7.42. The van der Waals surface area contributed by atoms with Crippen LogP contribution in [0.25, 0.3) is 27.0 Å². The Labute approximate surface area is 236 Å². The molecular formula is C27H22N6O7S. The third-order valence-electron chi connectivity index (χ3n) is 6.32. The second-order valence-corrected chi connectivity index (χ2v) is 9.44. The highest BCUT2D eigenvalue weighted by molar-refractivity contribution is 7.21. The number of benzene rings is 2. The average Bonchev–Trinajstić information content (AvgIpc) is 3.54. The van der Waals surface area contributed by atoms with Crippen molar-refractivity contribution in [3.63, 3.8) is 0 Å². The van der Waals surface area contributed by atoms with Gasteiger partial charge in [-0.2, -0.15) is 5.26 Å². The summed E-state index contributed by atoms with van der Waals surface area (Å²) in [6.07, 6.45) is 0. The lowest BCUT2D eigenvalue weighted by atomic mass is 9.96. The van der Waals surface area contributed by atoms with Gasteiger partial charge in [0.15, 0.2) is 17.4 Å². The summed E-state index contributed by atoms with van der Waals surface area (Å²) in [5, 5.41) is 26.7. The van der Waals surface area contributed by atoms with E-state index in [1.807, 2.05) is 0 Å². The second kappa shape index (κ2) is 10.5. The highest BCUT2D eigenvalue weighted by Gasteiger charge is 2.33. The van der Waals surface area contributed by atoms with Crippen LogP contribution in [-0.2, 0) is 0 Å². The van der Waals surface area contributed by atoms with E-state index in [4.69, 9.17) is 34.9 Å². The molecule has 2 aromatic carbocycles. The van der Waals surface area contributed by atoms with Crippen molar-refractivity contribution in [1.29, 1.82) is 5.26 Å². The van der Waals surface area contributed by atoms with E-state index in [0.29, 0.717) is 45.2 Å². The average molecular weight is 575 g/mol. The number of hydrogen-bond acceptors (Lipinski definition) is 13. The third kappa shape index (κ3) is 4.34. The Morgan fingerprint density at radius 2 is 1.71 bits per heavy atom. The minimum absolute atomic E-state index is 0.00960. The molecule has 0 amide bonds. The monoisotopic (exact) mass is 574 g/mol. The first-order chi connectivity index (χ1) is 19.8. The summed E-state index contributed by atoms with van der Waals surface area (Å²) in [5.74, 6) is -0.243. The number of nitrogen functional groups attached to an aromatic ring is 2. The zero-order valence-corrected chi connectivity index (χ0v) is 23.0. The van der Waals surface area contributed by atoms with Gasteiger partial charge >= 0.3 is 5.69 Å². The number of fused-ring (bicyclic) bond motifs is 1. The fourth-order valence-electron chi connectivity index (χ4n) is 4.41. The summed E-state index contributed by atoms with van der Waals surface area (Å²) in [4.78, 5) is 18.4. The van der Waals surface area contributed by atoms with Gasteiger partial charge in [-0.1, -0.05) is 0 Å². The summed E-state index contributed by atoms with van der Waals surface area (Å²) in [6, 6.07) is 11.8. The molecule has 0 bridgehead atoms. The maximum Gasteiger partial charge on any atom is 0.312 e. The van der Waals surface area contributed by atoms with E-state index in [1.165, 1.54) is 28.4 Å². The fourth-order valence-corrected chi connectivity index (χ4v) is 5.46. The van der Waals surface area contributed by atoms with Crippen LogP contribution in [0.3, 0.4) is 0 Å². The van der Waals surface area contributed by atoms with Gasteiger partial charge in [0, 0.05) is 23.1 Å². The van der Waals surface area contributed by atoms with Gasteiger partial charge in [0.2, 0.25) is 11.4 Å². The molecule has 208 valence electrons.